The Balaban J connectivity index is 3.58. The fourth-order valence-electron chi connectivity index (χ4n) is 1.87. The standard InChI is InChI=1S/C16H30O2/c1-3-5-7-9-11-15(17)13-14-16(18)12-10-8-6-4-2/h15-18H,3-12H2,1-2H3. The summed E-state index contributed by atoms with van der Waals surface area (Å²) in [5.74, 6) is 5.51. The Morgan fingerprint density at radius 2 is 1.06 bits per heavy atom. The first-order chi connectivity index (χ1) is 8.70. The molecule has 0 saturated heterocycles. The summed E-state index contributed by atoms with van der Waals surface area (Å²) in [6.07, 6.45) is 9.57. The second-order valence-electron chi connectivity index (χ2n) is 5.02. The van der Waals surface area contributed by atoms with Crippen LogP contribution in [0.25, 0.3) is 0 Å². The highest BCUT2D eigenvalue weighted by Crippen LogP contribution is 2.06. The molecule has 0 heterocycles. The quantitative estimate of drug-likeness (QED) is 0.461. The molecular formula is C16H30O2. The Labute approximate surface area is 113 Å². The minimum atomic E-state index is -0.563. The summed E-state index contributed by atoms with van der Waals surface area (Å²) in [5, 5.41) is 19.2. The Morgan fingerprint density at radius 3 is 1.39 bits per heavy atom. The number of hydrogen-bond acceptors (Lipinski definition) is 2. The number of aliphatic hydroxyl groups is 2. The van der Waals surface area contributed by atoms with Gasteiger partial charge in [0, 0.05) is 0 Å². The number of unbranched alkanes of at least 4 members (excludes halogenated alkanes) is 6. The Hall–Kier alpha value is -0.520. The van der Waals surface area contributed by atoms with Gasteiger partial charge in [0.1, 0.15) is 12.2 Å². The molecule has 0 aromatic heterocycles. The molecule has 2 nitrogen and oxygen atoms in total. The van der Waals surface area contributed by atoms with Crippen LogP contribution in [0.1, 0.15) is 78.1 Å². The molecule has 0 amide bonds. The van der Waals surface area contributed by atoms with Crippen molar-refractivity contribution in [2.24, 2.45) is 0 Å². The summed E-state index contributed by atoms with van der Waals surface area (Å²) in [5.41, 5.74) is 0. The van der Waals surface area contributed by atoms with Crippen molar-refractivity contribution in [2.75, 3.05) is 0 Å². The highest BCUT2D eigenvalue weighted by Gasteiger charge is 2.01. The van der Waals surface area contributed by atoms with E-state index in [2.05, 4.69) is 25.7 Å². The van der Waals surface area contributed by atoms with Crippen molar-refractivity contribution in [1.29, 1.82) is 0 Å². The zero-order valence-corrected chi connectivity index (χ0v) is 12.1. The van der Waals surface area contributed by atoms with Crippen LogP contribution < -0.4 is 0 Å². The fourth-order valence-corrected chi connectivity index (χ4v) is 1.87. The van der Waals surface area contributed by atoms with Crippen LogP contribution in [0.15, 0.2) is 0 Å². The second kappa shape index (κ2) is 12.9. The monoisotopic (exact) mass is 254 g/mol. The number of rotatable bonds is 10. The van der Waals surface area contributed by atoms with E-state index in [0.29, 0.717) is 0 Å². The van der Waals surface area contributed by atoms with Crippen LogP contribution in [0.3, 0.4) is 0 Å². The first-order valence-electron chi connectivity index (χ1n) is 7.57. The van der Waals surface area contributed by atoms with E-state index < -0.39 is 12.2 Å². The molecule has 2 atom stereocenters. The molecule has 0 bridgehead atoms. The van der Waals surface area contributed by atoms with Crippen LogP contribution in [-0.4, -0.2) is 22.4 Å². The molecule has 0 aromatic rings. The van der Waals surface area contributed by atoms with Gasteiger partial charge in [0.05, 0.1) is 0 Å². The van der Waals surface area contributed by atoms with E-state index in [1.807, 2.05) is 0 Å². The van der Waals surface area contributed by atoms with E-state index >= 15 is 0 Å². The zero-order valence-electron chi connectivity index (χ0n) is 12.1. The van der Waals surface area contributed by atoms with Crippen molar-refractivity contribution < 1.29 is 10.2 Å². The van der Waals surface area contributed by atoms with Crippen LogP contribution in [0, 0.1) is 11.8 Å². The van der Waals surface area contributed by atoms with Gasteiger partial charge in [-0.15, -0.1) is 0 Å². The van der Waals surface area contributed by atoms with Gasteiger partial charge in [-0.25, -0.2) is 0 Å². The number of aliphatic hydroxyl groups excluding tert-OH is 2. The largest absolute Gasteiger partial charge is 0.380 e. The van der Waals surface area contributed by atoms with Gasteiger partial charge >= 0.3 is 0 Å². The summed E-state index contributed by atoms with van der Waals surface area (Å²) < 4.78 is 0. The van der Waals surface area contributed by atoms with Crippen LogP contribution >= 0.6 is 0 Å². The smallest absolute Gasteiger partial charge is 0.114 e. The minimum absolute atomic E-state index is 0.563. The van der Waals surface area contributed by atoms with Crippen molar-refractivity contribution in [3.63, 3.8) is 0 Å². The van der Waals surface area contributed by atoms with Gasteiger partial charge in [-0.1, -0.05) is 64.2 Å². The van der Waals surface area contributed by atoms with E-state index in [1.54, 1.807) is 0 Å². The SMILES string of the molecule is CCCCCCC(O)C#CC(O)CCCCCC. The molecule has 0 aliphatic heterocycles. The molecule has 0 radical (unpaired) electrons. The van der Waals surface area contributed by atoms with Crippen LogP contribution in [0.2, 0.25) is 0 Å². The Kier molecular flexibility index (Phi) is 12.6. The van der Waals surface area contributed by atoms with E-state index in [4.69, 9.17) is 0 Å². The first-order valence-corrected chi connectivity index (χ1v) is 7.57. The molecule has 0 fully saturated rings. The molecule has 106 valence electrons. The van der Waals surface area contributed by atoms with E-state index in [0.717, 1.165) is 38.5 Å². The van der Waals surface area contributed by atoms with Gasteiger partial charge in [0.2, 0.25) is 0 Å². The molecule has 18 heavy (non-hydrogen) atoms. The van der Waals surface area contributed by atoms with Gasteiger partial charge in [-0.05, 0) is 25.7 Å². The maximum Gasteiger partial charge on any atom is 0.114 e. The second-order valence-corrected chi connectivity index (χ2v) is 5.02. The van der Waals surface area contributed by atoms with E-state index in [-0.39, 0.29) is 0 Å². The molecule has 0 aromatic carbocycles. The molecule has 0 saturated carbocycles. The highest BCUT2D eigenvalue weighted by molar-refractivity contribution is 5.08. The zero-order chi connectivity index (χ0) is 13.6. The van der Waals surface area contributed by atoms with Crippen molar-refractivity contribution in [3.05, 3.63) is 0 Å². The normalized spacial score (nSPS) is 13.8. The van der Waals surface area contributed by atoms with Crippen molar-refractivity contribution in [1.82, 2.24) is 0 Å². The van der Waals surface area contributed by atoms with E-state index in [1.165, 1.54) is 25.7 Å². The van der Waals surface area contributed by atoms with Crippen LogP contribution in [0.4, 0.5) is 0 Å². The summed E-state index contributed by atoms with van der Waals surface area (Å²) in [7, 11) is 0. The summed E-state index contributed by atoms with van der Waals surface area (Å²) in [6, 6.07) is 0. The maximum absolute atomic E-state index is 9.62. The lowest BCUT2D eigenvalue weighted by molar-refractivity contribution is 0.207. The number of hydrogen-bond donors (Lipinski definition) is 2. The molecule has 2 unspecified atom stereocenters. The summed E-state index contributed by atoms with van der Waals surface area (Å²) >= 11 is 0. The lowest BCUT2D eigenvalue weighted by Crippen LogP contribution is -2.07. The fraction of sp³-hybridized carbons (Fsp3) is 0.875. The molecule has 0 spiro atoms. The van der Waals surface area contributed by atoms with Gasteiger partial charge in [0.15, 0.2) is 0 Å². The molecular weight excluding hydrogens is 224 g/mol. The van der Waals surface area contributed by atoms with Crippen molar-refractivity contribution >= 4 is 0 Å². The molecule has 2 heteroatoms. The van der Waals surface area contributed by atoms with Crippen molar-refractivity contribution in [2.45, 2.75) is 90.3 Å². The predicted octanol–water partition coefficient (Wildman–Crippen LogP) is 3.65. The molecule has 0 rings (SSSR count). The third-order valence-corrected chi connectivity index (χ3v) is 3.08. The van der Waals surface area contributed by atoms with Crippen LogP contribution in [0.5, 0.6) is 0 Å². The molecule has 2 N–H and O–H groups in total. The Bertz CT molecular complexity index is 205. The highest BCUT2D eigenvalue weighted by atomic mass is 16.3. The van der Waals surface area contributed by atoms with Gasteiger partial charge in [-0.3, -0.25) is 0 Å². The molecule has 0 aliphatic rings. The Morgan fingerprint density at radius 1 is 0.667 bits per heavy atom. The summed E-state index contributed by atoms with van der Waals surface area (Å²) in [4.78, 5) is 0. The molecule has 0 aliphatic carbocycles. The minimum Gasteiger partial charge on any atom is -0.380 e. The lowest BCUT2D eigenvalue weighted by atomic mass is 10.1. The third kappa shape index (κ3) is 12.0. The first kappa shape index (κ1) is 17.5. The average Bonchev–Trinajstić information content (AvgIpc) is 2.37. The van der Waals surface area contributed by atoms with Gasteiger partial charge < -0.3 is 10.2 Å². The van der Waals surface area contributed by atoms with Crippen LogP contribution in [-0.2, 0) is 0 Å². The predicted molar refractivity (Wildman–Crippen MR) is 77.3 cm³/mol. The van der Waals surface area contributed by atoms with E-state index in [9.17, 15) is 10.2 Å². The third-order valence-electron chi connectivity index (χ3n) is 3.08. The van der Waals surface area contributed by atoms with Crippen molar-refractivity contribution in [3.8, 4) is 11.8 Å². The topological polar surface area (TPSA) is 40.5 Å². The lowest BCUT2D eigenvalue weighted by Gasteiger charge is -2.04. The maximum atomic E-state index is 9.62. The average molecular weight is 254 g/mol. The van der Waals surface area contributed by atoms with Gasteiger partial charge in [0.25, 0.3) is 0 Å². The van der Waals surface area contributed by atoms with Gasteiger partial charge in [-0.2, -0.15) is 0 Å². The summed E-state index contributed by atoms with van der Waals surface area (Å²) in [6.45, 7) is 4.34.